The minimum Gasteiger partial charge on any atom is -0.495 e. The van der Waals surface area contributed by atoms with Gasteiger partial charge in [0, 0.05) is 12.1 Å². The number of rotatable bonds is 4. The highest BCUT2D eigenvalue weighted by atomic mass is 35.5. The molecule has 0 aliphatic carbocycles. The van der Waals surface area contributed by atoms with Crippen molar-refractivity contribution in [1.29, 1.82) is 0 Å². The lowest BCUT2D eigenvalue weighted by Gasteiger charge is -2.11. The number of halogens is 4. The number of carbonyl (C=O) groups is 1. The summed E-state index contributed by atoms with van der Waals surface area (Å²) in [6.45, 7) is 0. The standard InChI is InChI=1S/C13H7Cl4N3O4/c1-24-7-3-2-5(20(22)23)4-6(7)18-13(21)11-9(15)8(14)10(16)12(17)19-11/h2-4H,1H3,(H,18,21). The first kappa shape index (κ1) is 18.5. The van der Waals surface area contributed by atoms with Gasteiger partial charge in [-0.15, -0.1) is 0 Å². The van der Waals surface area contributed by atoms with Gasteiger partial charge in [0.25, 0.3) is 11.6 Å². The van der Waals surface area contributed by atoms with E-state index in [-0.39, 0.29) is 43.0 Å². The summed E-state index contributed by atoms with van der Waals surface area (Å²) >= 11 is 23.4. The van der Waals surface area contributed by atoms with Crippen LogP contribution >= 0.6 is 46.4 Å². The fourth-order valence-corrected chi connectivity index (χ4v) is 2.54. The van der Waals surface area contributed by atoms with Crippen LogP contribution in [0.1, 0.15) is 10.5 Å². The highest BCUT2D eigenvalue weighted by Crippen LogP contribution is 2.37. The number of carbonyl (C=O) groups excluding carboxylic acids is 1. The van der Waals surface area contributed by atoms with Crippen LogP contribution < -0.4 is 10.1 Å². The Labute approximate surface area is 155 Å². The molecule has 0 spiro atoms. The molecule has 126 valence electrons. The molecular formula is C13H7Cl4N3O4. The van der Waals surface area contributed by atoms with Crippen molar-refractivity contribution in [2.75, 3.05) is 12.4 Å². The van der Waals surface area contributed by atoms with Gasteiger partial charge < -0.3 is 10.1 Å². The number of nitrogens with one attached hydrogen (secondary N) is 1. The van der Waals surface area contributed by atoms with Crippen LogP contribution in [0.4, 0.5) is 11.4 Å². The molecule has 0 saturated heterocycles. The largest absolute Gasteiger partial charge is 0.495 e. The van der Waals surface area contributed by atoms with Crippen molar-refractivity contribution in [3.05, 3.63) is 54.2 Å². The first-order chi connectivity index (χ1) is 11.3. The monoisotopic (exact) mass is 409 g/mol. The number of non-ortho nitro benzene ring substituents is 1. The van der Waals surface area contributed by atoms with Gasteiger partial charge in [0.2, 0.25) is 0 Å². The van der Waals surface area contributed by atoms with Gasteiger partial charge in [-0.1, -0.05) is 46.4 Å². The second kappa shape index (κ2) is 7.40. The molecule has 1 aromatic carbocycles. The molecule has 2 aromatic rings. The van der Waals surface area contributed by atoms with E-state index >= 15 is 0 Å². The van der Waals surface area contributed by atoms with Gasteiger partial charge in [0.15, 0.2) is 0 Å². The number of aromatic nitrogens is 1. The highest BCUT2D eigenvalue weighted by molar-refractivity contribution is 6.52. The highest BCUT2D eigenvalue weighted by Gasteiger charge is 2.22. The number of benzene rings is 1. The Morgan fingerprint density at radius 1 is 1.21 bits per heavy atom. The molecule has 0 radical (unpaired) electrons. The molecule has 0 saturated carbocycles. The Bertz CT molecular complexity index is 844. The lowest BCUT2D eigenvalue weighted by molar-refractivity contribution is -0.384. The molecule has 0 fully saturated rings. The molecule has 1 aromatic heterocycles. The number of pyridine rings is 1. The zero-order chi connectivity index (χ0) is 18.0. The summed E-state index contributed by atoms with van der Waals surface area (Å²) in [4.78, 5) is 26.4. The first-order valence-electron chi connectivity index (χ1n) is 6.10. The van der Waals surface area contributed by atoms with Crippen molar-refractivity contribution in [2.45, 2.75) is 0 Å². The Hall–Kier alpha value is -1.80. The van der Waals surface area contributed by atoms with Gasteiger partial charge in [0.1, 0.15) is 16.6 Å². The number of anilines is 1. The molecule has 2 rings (SSSR count). The zero-order valence-corrected chi connectivity index (χ0v) is 14.8. The van der Waals surface area contributed by atoms with E-state index < -0.39 is 10.8 Å². The van der Waals surface area contributed by atoms with Crippen LogP contribution in [-0.2, 0) is 0 Å². The van der Waals surface area contributed by atoms with Crippen LogP contribution in [0.2, 0.25) is 20.2 Å². The van der Waals surface area contributed by atoms with Crippen LogP contribution in [0, 0.1) is 10.1 Å². The SMILES string of the molecule is COc1ccc([N+](=O)[O-])cc1NC(=O)c1nc(Cl)c(Cl)c(Cl)c1Cl. The fourth-order valence-electron chi connectivity index (χ4n) is 1.73. The number of nitrogens with zero attached hydrogens (tertiary/aromatic N) is 2. The molecule has 7 nitrogen and oxygen atoms in total. The minimum absolute atomic E-state index is 0.0526. The molecule has 0 aliphatic heterocycles. The third-order valence-corrected chi connectivity index (χ3v) is 4.52. The second-order valence-electron chi connectivity index (χ2n) is 4.29. The number of nitro benzene ring substituents is 1. The topological polar surface area (TPSA) is 94.4 Å². The predicted octanol–water partition coefficient (Wildman–Crippen LogP) is 4.86. The second-order valence-corrected chi connectivity index (χ2v) is 5.78. The fraction of sp³-hybridized carbons (Fsp3) is 0.0769. The van der Waals surface area contributed by atoms with Crippen molar-refractivity contribution < 1.29 is 14.5 Å². The molecule has 0 bridgehead atoms. The van der Waals surface area contributed by atoms with Crippen molar-refractivity contribution in [3.8, 4) is 5.75 Å². The van der Waals surface area contributed by atoms with Gasteiger partial charge >= 0.3 is 0 Å². The number of ether oxygens (including phenoxy) is 1. The lowest BCUT2D eigenvalue weighted by atomic mass is 10.2. The molecule has 1 amide bonds. The maximum atomic E-state index is 12.4. The first-order valence-corrected chi connectivity index (χ1v) is 7.61. The lowest BCUT2D eigenvalue weighted by Crippen LogP contribution is -2.15. The summed E-state index contributed by atoms with van der Waals surface area (Å²) in [6, 6.07) is 3.70. The van der Waals surface area contributed by atoms with Gasteiger partial charge in [-0.3, -0.25) is 14.9 Å². The minimum atomic E-state index is -0.792. The Kier molecular flexibility index (Phi) is 5.71. The van der Waals surface area contributed by atoms with Crippen LogP contribution in [0.25, 0.3) is 0 Å². The van der Waals surface area contributed by atoms with Crippen molar-refractivity contribution in [2.24, 2.45) is 0 Å². The Morgan fingerprint density at radius 2 is 1.88 bits per heavy atom. The quantitative estimate of drug-likeness (QED) is 0.441. The van der Waals surface area contributed by atoms with E-state index in [2.05, 4.69) is 10.3 Å². The van der Waals surface area contributed by atoms with Gasteiger partial charge in [-0.2, -0.15) is 0 Å². The average molecular weight is 411 g/mol. The molecule has 0 unspecified atom stereocenters. The summed E-state index contributed by atoms with van der Waals surface area (Å²) in [5.74, 6) is -0.588. The zero-order valence-electron chi connectivity index (χ0n) is 11.8. The van der Waals surface area contributed by atoms with Gasteiger partial charge in [-0.25, -0.2) is 4.98 Å². The Morgan fingerprint density at radius 3 is 2.46 bits per heavy atom. The molecule has 1 N–H and O–H groups in total. The van der Waals surface area contributed by atoms with Crippen molar-refractivity contribution >= 4 is 63.7 Å². The summed E-state index contributed by atoms with van der Waals surface area (Å²) < 4.78 is 5.05. The maximum absolute atomic E-state index is 12.4. The van der Waals surface area contributed by atoms with Crippen LogP contribution in [0.15, 0.2) is 18.2 Å². The molecule has 0 atom stereocenters. The number of hydrogen-bond acceptors (Lipinski definition) is 5. The number of nitro groups is 1. The number of amides is 1. The van der Waals surface area contributed by atoms with Crippen LogP contribution in [-0.4, -0.2) is 22.9 Å². The average Bonchev–Trinajstić information content (AvgIpc) is 2.55. The maximum Gasteiger partial charge on any atom is 0.276 e. The Balaban J connectivity index is 2.44. The van der Waals surface area contributed by atoms with Crippen molar-refractivity contribution in [3.63, 3.8) is 0 Å². The van der Waals surface area contributed by atoms with E-state index in [1.807, 2.05) is 0 Å². The third-order valence-electron chi connectivity index (χ3n) is 2.84. The molecule has 1 heterocycles. The third kappa shape index (κ3) is 3.64. The smallest absolute Gasteiger partial charge is 0.276 e. The van der Waals surface area contributed by atoms with Gasteiger partial charge in [-0.05, 0) is 6.07 Å². The van der Waals surface area contributed by atoms with E-state index in [0.29, 0.717) is 0 Å². The van der Waals surface area contributed by atoms with Crippen LogP contribution in [0.3, 0.4) is 0 Å². The van der Waals surface area contributed by atoms with E-state index in [9.17, 15) is 14.9 Å². The normalized spacial score (nSPS) is 10.4. The van der Waals surface area contributed by atoms with Crippen LogP contribution in [0.5, 0.6) is 5.75 Å². The predicted molar refractivity (Wildman–Crippen MR) is 91.9 cm³/mol. The summed E-state index contributed by atoms with van der Waals surface area (Å²) in [5, 5.41) is 12.6. The van der Waals surface area contributed by atoms with E-state index in [1.165, 1.54) is 19.2 Å². The molecular weight excluding hydrogens is 404 g/mol. The molecule has 11 heteroatoms. The summed E-state index contributed by atoms with van der Waals surface area (Å²) in [6.07, 6.45) is 0. The summed E-state index contributed by atoms with van der Waals surface area (Å²) in [7, 11) is 1.35. The molecule has 24 heavy (non-hydrogen) atoms. The molecule has 0 aliphatic rings. The number of methoxy groups -OCH3 is 1. The summed E-state index contributed by atoms with van der Waals surface area (Å²) in [5.41, 5.74) is -0.473. The van der Waals surface area contributed by atoms with E-state index in [1.54, 1.807) is 0 Å². The number of hydrogen-bond donors (Lipinski definition) is 1. The van der Waals surface area contributed by atoms with Gasteiger partial charge in [0.05, 0.1) is 32.8 Å². The van der Waals surface area contributed by atoms with E-state index in [0.717, 1.165) is 6.07 Å². The van der Waals surface area contributed by atoms with E-state index in [4.69, 9.17) is 51.1 Å². The van der Waals surface area contributed by atoms with Crippen molar-refractivity contribution in [1.82, 2.24) is 4.98 Å².